The summed E-state index contributed by atoms with van der Waals surface area (Å²) in [5, 5.41) is 10.0. The third-order valence-electron chi connectivity index (χ3n) is 4.04. The molecular formula is C15H21FO. The third-order valence-corrected chi connectivity index (χ3v) is 4.04. The monoisotopic (exact) mass is 236 g/mol. The molecule has 1 aliphatic rings. The summed E-state index contributed by atoms with van der Waals surface area (Å²) in [4.78, 5) is 0. The van der Waals surface area contributed by atoms with Crippen molar-refractivity contribution < 1.29 is 9.50 Å². The van der Waals surface area contributed by atoms with E-state index in [1.807, 2.05) is 12.1 Å². The van der Waals surface area contributed by atoms with Crippen molar-refractivity contribution in [1.82, 2.24) is 0 Å². The molecule has 1 saturated carbocycles. The van der Waals surface area contributed by atoms with Crippen molar-refractivity contribution in [3.63, 3.8) is 0 Å². The lowest BCUT2D eigenvalue weighted by Gasteiger charge is -2.33. The first kappa shape index (κ1) is 12.6. The van der Waals surface area contributed by atoms with E-state index in [9.17, 15) is 9.50 Å². The first-order valence-electron chi connectivity index (χ1n) is 6.61. The minimum absolute atomic E-state index is 0.178. The van der Waals surface area contributed by atoms with E-state index in [0.29, 0.717) is 5.92 Å². The van der Waals surface area contributed by atoms with Crippen molar-refractivity contribution in [2.75, 3.05) is 0 Å². The van der Waals surface area contributed by atoms with Crippen LogP contribution < -0.4 is 0 Å². The molecule has 1 aromatic carbocycles. The molecule has 1 N–H and O–H groups in total. The Labute approximate surface area is 103 Å². The fourth-order valence-electron chi connectivity index (χ4n) is 2.86. The van der Waals surface area contributed by atoms with Gasteiger partial charge in [-0.05, 0) is 55.2 Å². The Morgan fingerprint density at radius 2 is 1.94 bits per heavy atom. The third kappa shape index (κ3) is 3.29. The van der Waals surface area contributed by atoms with Crippen molar-refractivity contribution in [2.45, 2.75) is 45.1 Å². The van der Waals surface area contributed by atoms with Gasteiger partial charge >= 0.3 is 0 Å². The minimum Gasteiger partial charge on any atom is -0.393 e. The van der Waals surface area contributed by atoms with Gasteiger partial charge in [0.1, 0.15) is 5.82 Å². The Morgan fingerprint density at radius 1 is 1.24 bits per heavy atom. The molecule has 3 atom stereocenters. The van der Waals surface area contributed by atoms with Gasteiger partial charge in [0, 0.05) is 0 Å². The van der Waals surface area contributed by atoms with Gasteiger partial charge in [0.25, 0.3) is 0 Å². The van der Waals surface area contributed by atoms with Crippen molar-refractivity contribution in [3.05, 3.63) is 35.6 Å². The average Bonchev–Trinajstić information content (AvgIpc) is 2.35. The van der Waals surface area contributed by atoms with Gasteiger partial charge in [0.2, 0.25) is 0 Å². The smallest absolute Gasteiger partial charge is 0.123 e. The molecule has 1 nitrogen and oxygen atoms in total. The normalized spacial score (nSPS) is 29.2. The lowest BCUT2D eigenvalue weighted by Crippen LogP contribution is -2.30. The SMILES string of the molecule is CCC1CCC(O)C(Cc2ccc(F)cc2)C1. The first-order valence-corrected chi connectivity index (χ1v) is 6.61. The van der Waals surface area contributed by atoms with E-state index in [4.69, 9.17) is 0 Å². The maximum absolute atomic E-state index is 12.8. The summed E-state index contributed by atoms with van der Waals surface area (Å²) < 4.78 is 12.8. The minimum atomic E-state index is -0.190. The Balaban J connectivity index is 1.98. The number of halogens is 1. The number of aliphatic hydroxyl groups is 1. The van der Waals surface area contributed by atoms with E-state index in [2.05, 4.69) is 6.92 Å². The van der Waals surface area contributed by atoms with Crippen molar-refractivity contribution in [2.24, 2.45) is 11.8 Å². The van der Waals surface area contributed by atoms with Gasteiger partial charge in [-0.1, -0.05) is 25.5 Å². The summed E-state index contributed by atoms with van der Waals surface area (Å²) in [5.74, 6) is 0.910. The second-order valence-electron chi connectivity index (χ2n) is 5.25. The van der Waals surface area contributed by atoms with Crippen LogP contribution in [0.4, 0.5) is 4.39 Å². The highest BCUT2D eigenvalue weighted by atomic mass is 19.1. The molecule has 0 amide bonds. The van der Waals surface area contributed by atoms with E-state index >= 15 is 0 Å². The number of hydrogen-bond acceptors (Lipinski definition) is 1. The molecule has 0 aliphatic heterocycles. The van der Waals surface area contributed by atoms with Crippen molar-refractivity contribution in [3.8, 4) is 0 Å². The van der Waals surface area contributed by atoms with E-state index in [0.717, 1.165) is 37.2 Å². The van der Waals surface area contributed by atoms with Crippen LogP contribution in [0.2, 0.25) is 0 Å². The van der Waals surface area contributed by atoms with Crippen LogP contribution in [-0.2, 0) is 6.42 Å². The molecule has 2 rings (SSSR count). The fraction of sp³-hybridized carbons (Fsp3) is 0.600. The van der Waals surface area contributed by atoms with E-state index in [1.165, 1.54) is 18.6 Å². The zero-order valence-electron chi connectivity index (χ0n) is 10.4. The highest BCUT2D eigenvalue weighted by molar-refractivity contribution is 5.17. The van der Waals surface area contributed by atoms with Gasteiger partial charge in [0.15, 0.2) is 0 Å². The Morgan fingerprint density at radius 3 is 2.59 bits per heavy atom. The molecule has 0 heterocycles. The van der Waals surface area contributed by atoms with E-state index in [-0.39, 0.29) is 11.9 Å². The highest BCUT2D eigenvalue weighted by Crippen LogP contribution is 2.33. The molecule has 3 unspecified atom stereocenters. The molecule has 0 spiro atoms. The standard InChI is InChI=1S/C15H21FO/c1-2-11-5-8-15(17)13(9-11)10-12-3-6-14(16)7-4-12/h3-4,6-7,11,13,15,17H,2,5,8-10H2,1H3. The largest absolute Gasteiger partial charge is 0.393 e. The summed E-state index contributed by atoms with van der Waals surface area (Å²) in [6, 6.07) is 6.67. The maximum Gasteiger partial charge on any atom is 0.123 e. The molecule has 0 saturated heterocycles. The fourth-order valence-corrected chi connectivity index (χ4v) is 2.86. The lowest BCUT2D eigenvalue weighted by molar-refractivity contribution is 0.0475. The molecule has 1 fully saturated rings. The summed E-state index contributed by atoms with van der Waals surface area (Å²) in [7, 11) is 0. The van der Waals surface area contributed by atoms with Gasteiger partial charge in [-0.3, -0.25) is 0 Å². The van der Waals surface area contributed by atoms with Crippen LogP contribution in [0.1, 0.15) is 38.2 Å². The number of benzene rings is 1. The summed E-state index contributed by atoms with van der Waals surface area (Å²) in [6.07, 6.45) is 5.07. The maximum atomic E-state index is 12.8. The molecule has 0 aromatic heterocycles. The van der Waals surface area contributed by atoms with Crippen LogP contribution in [0.5, 0.6) is 0 Å². The van der Waals surface area contributed by atoms with E-state index < -0.39 is 0 Å². The molecule has 0 radical (unpaired) electrons. The molecule has 94 valence electrons. The van der Waals surface area contributed by atoms with E-state index in [1.54, 1.807) is 0 Å². The molecule has 2 heteroatoms. The Kier molecular flexibility index (Phi) is 4.16. The quantitative estimate of drug-likeness (QED) is 0.850. The summed E-state index contributed by atoms with van der Waals surface area (Å²) >= 11 is 0. The van der Waals surface area contributed by atoms with Gasteiger partial charge in [0.05, 0.1) is 6.10 Å². The topological polar surface area (TPSA) is 20.2 Å². The first-order chi connectivity index (χ1) is 8.19. The van der Waals surface area contributed by atoms with Crippen LogP contribution in [0, 0.1) is 17.7 Å². The van der Waals surface area contributed by atoms with Gasteiger partial charge < -0.3 is 5.11 Å². The average molecular weight is 236 g/mol. The van der Waals surface area contributed by atoms with Crippen LogP contribution in [0.3, 0.4) is 0 Å². The van der Waals surface area contributed by atoms with Gasteiger partial charge in [-0.15, -0.1) is 0 Å². The zero-order valence-corrected chi connectivity index (χ0v) is 10.4. The molecule has 0 bridgehead atoms. The van der Waals surface area contributed by atoms with Crippen LogP contribution in [-0.4, -0.2) is 11.2 Å². The second kappa shape index (κ2) is 5.63. The predicted molar refractivity (Wildman–Crippen MR) is 67.2 cm³/mol. The van der Waals surface area contributed by atoms with Crippen molar-refractivity contribution in [1.29, 1.82) is 0 Å². The van der Waals surface area contributed by atoms with Crippen LogP contribution in [0.25, 0.3) is 0 Å². The number of aliphatic hydroxyl groups excluding tert-OH is 1. The predicted octanol–water partition coefficient (Wildman–Crippen LogP) is 3.56. The Hall–Kier alpha value is -0.890. The second-order valence-corrected chi connectivity index (χ2v) is 5.25. The highest BCUT2D eigenvalue weighted by Gasteiger charge is 2.28. The molecule has 1 aliphatic carbocycles. The molecule has 1 aromatic rings. The van der Waals surface area contributed by atoms with Crippen LogP contribution >= 0.6 is 0 Å². The number of rotatable bonds is 3. The van der Waals surface area contributed by atoms with Crippen LogP contribution in [0.15, 0.2) is 24.3 Å². The number of hydrogen-bond donors (Lipinski definition) is 1. The van der Waals surface area contributed by atoms with Gasteiger partial charge in [-0.25, -0.2) is 4.39 Å². The molecule has 17 heavy (non-hydrogen) atoms. The summed E-state index contributed by atoms with van der Waals surface area (Å²) in [6.45, 7) is 2.22. The summed E-state index contributed by atoms with van der Waals surface area (Å²) in [5.41, 5.74) is 1.13. The molecular weight excluding hydrogens is 215 g/mol. The van der Waals surface area contributed by atoms with Crippen molar-refractivity contribution >= 4 is 0 Å². The van der Waals surface area contributed by atoms with Gasteiger partial charge in [-0.2, -0.15) is 0 Å². The Bertz CT molecular complexity index is 346. The zero-order chi connectivity index (χ0) is 12.3. The lowest BCUT2D eigenvalue weighted by atomic mass is 9.76.